The van der Waals surface area contributed by atoms with Gasteiger partial charge in [0.2, 0.25) is 5.91 Å². The van der Waals surface area contributed by atoms with E-state index in [-0.39, 0.29) is 5.91 Å². The van der Waals surface area contributed by atoms with Crippen LogP contribution < -0.4 is 0 Å². The maximum absolute atomic E-state index is 12.6. The number of hydrogen-bond donors (Lipinski definition) is 0. The summed E-state index contributed by atoms with van der Waals surface area (Å²) in [5.74, 6) is -0.129. The molecule has 2 aromatic rings. The highest BCUT2D eigenvalue weighted by molar-refractivity contribution is 9.11. The second-order valence-electron chi connectivity index (χ2n) is 5.67. The first-order valence-electron chi connectivity index (χ1n) is 7.84. The molecule has 0 aliphatic carbocycles. The van der Waals surface area contributed by atoms with E-state index in [9.17, 15) is 13.2 Å². The predicted octanol–water partition coefficient (Wildman–Crippen LogP) is 3.71. The highest BCUT2D eigenvalue weighted by Gasteiger charge is 2.30. The minimum absolute atomic E-state index is 0.129. The number of thiophene rings is 1. The van der Waals surface area contributed by atoms with E-state index in [4.69, 9.17) is 11.6 Å². The Hall–Kier alpha value is -1.19. The molecule has 1 saturated heterocycles. The maximum atomic E-state index is 12.6. The number of nitrogens with zero attached hydrogens (tertiary/aromatic N) is 2. The monoisotopic (exact) mass is 474 g/mol. The van der Waals surface area contributed by atoms with Gasteiger partial charge in [0.1, 0.15) is 4.21 Å². The minimum atomic E-state index is -3.50. The molecule has 26 heavy (non-hydrogen) atoms. The molecule has 1 aromatic carbocycles. The Kier molecular flexibility index (Phi) is 6.19. The normalized spacial score (nSPS) is 16.3. The first-order chi connectivity index (χ1) is 12.4. The quantitative estimate of drug-likeness (QED) is 0.634. The first-order valence-corrected chi connectivity index (χ1v) is 11.3. The summed E-state index contributed by atoms with van der Waals surface area (Å²) in [6.45, 7) is 1.32. The fourth-order valence-electron chi connectivity index (χ4n) is 2.56. The Labute approximate surface area is 170 Å². The van der Waals surface area contributed by atoms with E-state index in [1.807, 2.05) is 12.1 Å². The van der Waals surface area contributed by atoms with Crippen molar-refractivity contribution in [2.45, 2.75) is 4.21 Å². The molecular weight excluding hydrogens is 460 g/mol. The topological polar surface area (TPSA) is 57.7 Å². The molecule has 0 atom stereocenters. The molecule has 138 valence electrons. The van der Waals surface area contributed by atoms with Gasteiger partial charge < -0.3 is 4.90 Å². The van der Waals surface area contributed by atoms with Gasteiger partial charge in [-0.05, 0) is 51.8 Å². The lowest BCUT2D eigenvalue weighted by atomic mass is 10.2. The number of carbonyl (C=O) groups excluding carboxylic acids is 1. The molecule has 1 aromatic heterocycles. The van der Waals surface area contributed by atoms with Crippen LogP contribution in [0.25, 0.3) is 6.08 Å². The highest BCUT2D eigenvalue weighted by atomic mass is 79.9. The number of carbonyl (C=O) groups is 1. The molecular formula is C17H16BrClN2O3S2. The van der Waals surface area contributed by atoms with Crippen molar-refractivity contribution in [2.24, 2.45) is 0 Å². The van der Waals surface area contributed by atoms with Gasteiger partial charge >= 0.3 is 0 Å². The van der Waals surface area contributed by atoms with E-state index in [2.05, 4.69) is 15.9 Å². The van der Waals surface area contributed by atoms with Crippen molar-refractivity contribution in [3.63, 3.8) is 0 Å². The van der Waals surface area contributed by atoms with Gasteiger partial charge in [-0.15, -0.1) is 11.3 Å². The number of sulfonamides is 1. The van der Waals surface area contributed by atoms with E-state index in [1.54, 1.807) is 35.2 Å². The van der Waals surface area contributed by atoms with Crippen molar-refractivity contribution in [2.75, 3.05) is 26.2 Å². The van der Waals surface area contributed by atoms with Crippen LogP contribution in [0.5, 0.6) is 0 Å². The zero-order chi connectivity index (χ0) is 18.7. The minimum Gasteiger partial charge on any atom is -0.337 e. The van der Waals surface area contributed by atoms with Gasteiger partial charge in [-0.1, -0.05) is 23.7 Å². The Morgan fingerprint density at radius 1 is 1.08 bits per heavy atom. The summed E-state index contributed by atoms with van der Waals surface area (Å²) in [6.07, 6.45) is 3.23. The van der Waals surface area contributed by atoms with Crippen molar-refractivity contribution in [3.8, 4) is 0 Å². The molecule has 0 spiro atoms. The molecule has 3 rings (SSSR count). The Morgan fingerprint density at radius 2 is 1.73 bits per heavy atom. The van der Waals surface area contributed by atoms with Crippen LogP contribution in [0.1, 0.15) is 5.56 Å². The zero-order valence-corrected chi connectivity index (χ0v) is 17.6. The fourth-order valence-corrected chi connectivity index (χ4v) is 6.27. The van der Waals surface area contributed by atoms with Gasteiger partial charge in [0.05, 0.1) is 3.79 Å². The van der Waals surface area contributed by atoms with Crippen LogP contribution in [0.3, 0.4) is 0 Å². The zero-order valence-electron chi connectivity index (χ0n) is 13.6. The SMILES string of the molecule is O=C(/C=C/c1ccc(Cl)cc1)N1CCN(S(=O)(=O)c2ccc(Br)s2)CC1. The van der Waals surface area contributed by atoms with Crippen molar-refractivity contribution >= 4 is 60.9 Å². The summed E-state index contributed by atoms with van der Waals surface area (Å²) in [5, 5.41) is 0.642. The van der Waals surface area contributed by atoms with E-state index >= 15 is 0 Å². The van der Waals surface area contributed by atoms with Gasteiger partial charge in [-0.25, -0.2) is 8.42 Å². The van der Waals surface area contributed by atoms with Crippen LogP contribution in [0, 0.1) is 0 Å². The summed E-state index contributed by atoms with van der Waals surface area (Å²) in [4.78, 5) is 14.0. The number of benzene rings is 1. The molecule has 0 bridgehead atoms. The van der Waals surface area contributed by atoms with Crippen LogP contribution in [-0.4, -0.2) is 49.7 Å². The summed E-state index contributed by atoms with van der Waals surface area (Å²) < 4.78 is 27.7. The number of amides is 1. The van der Waals surface area contributed by atoms with Gasteiger partial charge in [0.15, 0.2) is 0 Å². The summed E-state index contributed by atoms with van der Waals surface area (Å²) in [7, 11) is -3.50. The van der Waals surface area contributed by atoms with Crippen molar-refractivity contribution < 1.29 is 13.2 Å². The maximum Gasteiger partial charge on any atom is 0.252 e. The smallest absolute Gasteiger partial charge is 0.252 e. The lowest BCUT2D eigenvalue weighted by molar-refractivity contribution is -0.127. The average Bonchev–Trinajstić information content (AvgIpc) is 3.08. The van der Waals surface area contributed by atoms with E-state index in [0.717, 1.165) is 9.35 Å². The first kappa shape index (κ1) is 19.6. The molecule has 2 heterocycles. The molecule has 1 aliphatic heterocycles. The van der Waals surface area contributed by atoms with Crippen LogP contribution in [0.2, 0.25) is 5.02 Å². The third kappa shape index (κ3) is 4.55. The molecule has 0 N–H and O–H groups in total. The molecule has 5 nitrogen and oxygen atoms in total. The third-order valence-electron chi connectivity index (χ3n) is 3.98. The van der Waals surface area contributed by atoms with Gasteiger partial charge in [-0.2, -0.15) is 4.31 Å². The third-order valence-corrected chi connectivity index (χ3v) is 8.22. The second kappa shape index (κ2) is 8.22. The largest absolute Gasteiger partial charge is 0.337 e. The lowest BCUT2D eigenvalue weighted by Gasteiger charge is -2.33. The molecule has 1 amide bonds. The number of piperazine rings is 1. The summed E-state index contributed by atoms with van der Waals surface area (Å²) >= 11 is 10.3. The molecule has 0 saturated carbocycles. The molecule has 1 aliphatic rings. The Morgan fingerprint density at radius 3 is 2.31 bits per heavy atom. The van der Waals surface area contributed by atoms with Crippen LogP contribution in [-0.2, 0) is 14.8 Å². The molecule has 1 fully saturated rings. The van der Waals surface area contributed by atoms with E-state index in [0.29, 0.717) is 35.4 Å². The van der Waals surface area contributed by atoms with Crippen LogP contribution in [0.15, 0.2) is 50.5 Å². The van der Waals surface area contributed by atoms with Gasteiger partial charge in [0.25, 0.3) is 10.0 Å². The van der Waals surface area contributed by atoms with Gasteiger partial charge in [0, 0.05) is 37.3 Å². The van der Waals surface area contributed by atoms with E-state index < -0.39 is 10.0 Å². The Bertz CT molecular complexity index is 918. The molecule has 0 radical (unpaired) electrons. The molecule has 0 unspecified atom stereocenters. The van der Waals surface area contributed by atoms with Crippen molar-refractivity contribution in [3.05, 3.63) is 56.8 Å². The highest BCUT2D eigenvalue weighted by Crippen LogP contribution is 2.29. The average molecular weight is 476 g/mol. The van der Waals surface area contributed by atoms with Crippen molar-refractivity contribution in [1.82, 2.24) is 9.21 Å². The Balaban J connectivity index is 1.59. The lowest BCUT2D eigenvalue weighted by Crippen LogP contribution is -2.50. The van der Waals surface area contributed by atoms with Gasteiger partial charge in [-0.3, -0.25) is 4.79 Å². The predicted molar refractivity (Wildman–Crippen MR) is 108 cm³/mol. The standard InChI is InChI=1S/C17H16BrClN2O3S2/c18-15-6-8-17(25-15)26(23,24)21-11-9-20(10-12-21)16(22)7-3-13-1-4-14(19)5-2-13/h1-8H,9-12H2/b7-3+. The van der Waals surface area contributed by atoms with Crippen molar-refractivity contribution in [1.29, 1.82) is 0 Å². The fraction of sp³-hybridized carbons (Fsp3) is 0.235. The number of halogens is 2. The van der Waals surface area contributed by atoms with Crippen LogP contribution >= 0.6 is 38.9 Å². The second-order valence-corrected chi connectivity index (χ2v) is 10.7. The summed E-state index contributed by atoms with van der Waals surface area (Å²) in [5.41, 5.74) is 0.882. The molecule has 9 heteroatoms. The summed E-state index contributed by atoms with van der Waals surface area (Å²) in [6, 6.07) is 10.5. The van der Waals surface area contributed by atoms with E-state index in [1.165, 1.54) is 21.7 Å². The number of rotatable bonds is 4. The number of hydrogen-bond acceptors (Lipinski definition) is 4. The van der Waals surface area contributed by atoms with Crippen LogP contribution in [0.4, 0.5) is 0 Å².